The third-order valence-corrected chi connectivity index (χ3v) is 16.8. The summed E-state index contributed by atoms with van der Waals surface area (Å²) in [7, 11) is 0. The lowest BCUT2D eigenvalue weighted by molar-refractivity contribution is -0.384. The van der Waals surface area contributed by atoms with Crippen LogP contribution in [0.25, 0.3) is 55.4 Å². The zero-order valence-electron chi connectivity index (χ0n) is 50.1. The molecule has 0 aliphatic heterocycles. The predicted octanol–water partition coefficient (Wildman–Crippen LogP) is 11.9. The summed E-state index contributed by atoms with van der Waals surface area (Å²) >= 11 is 5.70. The minimum Gasteiger partial charge on any atom is -0.461 e. The number of aliphatic hydroxyl groups is 2. The van der Waals surface area contributed by atoms with E-state index in [1.807, 2.05) is 12.1 Å². The third kappa shape index (κ3) is 16.9. The Kier molecular flexibility index (Phi) is 23.2. The monoisotopic (exact) mass is 1260 g/mol. The molecule has 1 amide bonds. The molecule has 28 nitrogen and oxygen atoms in total. The Balaban J connectivity index is 0.000000147. The van der Waals surface area contributed by atoms with Gasteiger partial charge in [-0.25, -0.2) is 15.0 Å². The number of carbonyl (C=O) groups is 1. The van der Waals surface area contributed by atoms with Gasteiger partial charge in [0, 0.05) is 72.1 Å². The number of hydrogen-bond donors (Lipinski definition) is 7. The summed E-state index contributed by atoms with van der Waals surface area (Å²) in [6.07, 6.45) is 25.0. The zero-order chi connectivity index (χ0) is 65.3. The molecule has 2 atom stereocenters. The molecular formula is C62H70ClN17O11. The summed E-state index contributed by atoms with van der Waals surface area (Å²) in [4.78, 5) is 51.2. The van der Waals surface area contributed by atoms with E-state index in [0.717, 1.165) is 137 Å². The van der Waals surface area contributed by atoms with Crippen molar-refractivity contribution in [3.8, 4) is 24.3 Å². The van der Waals surface area contributed by atoms with E-state index >= 15 is 0 Å². The van der Waals surface area contributed by atoms with Crippen LogP contribution in [-0.4, -0.2) is 79.7 Å². The quantitative estimate of drug-likeness (QED) is 0.0521. The third-order valence-electron chi connectivity index (χ3n) is 16.4. The van der Waals surface area contributed by atoms with Gasteiger partial charge in [-0.05, 0) is 117 Å². The topological polar surface area (TPSA) is 463 Å². The highest BCUT2D eigenvalue weighted by atomic mass is 35.5. The normalized spacial score (nSPS) is 21.6. The molecule has 9 aromatic heterocycles. The SMILES string of the molecule is C[C@@H](O)C(N)=O.C[C@@H](O)c1nc2cnc3ccoc3c2n1C1CCC(C#N)CC1.N#CC1CCC(N)CC1.N#CC1CCC(Nc2c(N)cnc3ccoc23)CC1.N#CC1CCC(Nc2c([N+](=O)[O-])cnc3ccoc23)CC1.O=[N+]([O-])c1cnc2ccoc2c1Cl. The minimum atomic E-state index is -1.01. The summed E-state index contributed by atoms with van der Waals surface area (Å²) in [5, 5.41) is 82.0. The maximum Gasteiger partial charge on any atom is 0.314 e. The summed E-state index contributed by atoms with van der Waals surface area (Å²) in [5.41, 5.74) is 24.1. The molecule has 13 rings (SSSR count). The molecule has 4 saturated carbocycles. The standard InChI is InChI=1S/C17H18N4O2.C14H14N4O3.C14H16N4O.C7H3ClN2O3.C7H12N2.C3H7NO2/c1-10(22)17-20-14-9-19-13-6-7-23-16(13)15(14)21(17)12-4-2-11(8-18)3-5-12;15-7-9-1-3-10(4-2-9)17-13-12(18(19)20)8-16-11-5-6-21-14(11)13;15-7-9-1-3-10(4-2-9)18-13-11(16)8-17-12-5-6-19-14(12)13;8-6-5(10(11)12)3-9-4-1-2-13-7(4)6;8-5-6-1-3-7(9)4-2-6;1-2(5)3(4)6/h6-7,9-12,22H,2-5H2,1H3;5-6,8-10H,1-4H2,(H,16,17);5-6,8-10H,1-4,16H2,(H,17,18);1-3H;6-7H,1-4,9H2;2,5H,1H3,(H2,4,6)/t10-,11?,12?;;;;;2-/m1....1/s1. The Morgan fingerprint density at radius 1 is 0.604 bits per heavy atom. The Morgan fingerprint density at radius 2 is 0.989 bits per heavy atom. The van der Waals surface area contributed by atoms with E-state index in [4.69, 9.17) is 66.9 Å². The molecule has 476 valence electrons. The van der Waals surface area contributed by atoms with Crippen LogP contribution in [0.2, 0.25) is 5.02 Å². The van der Waals surface area contributed by atoms with Crippen LogP contribution >= 0.6 is 11.6 Å². The molecular weight excluding hydrogens is 1190 g/mol. The fourth-order valence-corrected chi connectivity index (χ4v) is 11.5. The highest BCUT2D eigenvalue weighted by Crippen LogP contribution is 2.40. The second-order valence-corrected chi connectivity index (χ2v) is 23.1. The van der Waals surface area contributed by atoms with Crippen molar-refractivity contribution in [2.75, 3.05) is 16.4 Å². The number of nitrogen functional groups attached to an aromatic ring is 1. The Morgan fingerprint density at radius 3 is 1.45 bits per heavy atom. The number of aliphatic hydroxyl groups excluding tert-OH is 2. The molecule has 4 fully saturated rings. The number of rotatable bonds is 9. The summed E-state index contributed by atoms with van der Waals surface area (Å²) < 4.78 is 23.5. The molecule has 9 aromatic rings. The predicted molar refractivity (Wildman–Crippen MR) is 336 cm³/mol. The van der Waals surface area contributed by atoms with Gasteiger partial charge >= 0.3 is 11.4 Å². The van der Waals surface area contributed by atoms with Crippen LogP contribution in [0.15, 0.2) is 91.8 Å². The maximum absolute atomic E-state index is 11.2. The maximum atomic E-state index is 11.2. The van der Waals surface area contributed by atoms with Gasteiger partial charge in [-0.1, -0.05) is 11.6 Å². The zero-order valence-corrected chi connectivity index (χ0v) is 50.8. The lowest BCUT2D eigenvalue weighted by Crippen LogP contribution is -2.26. The number of carbonyl (C=O) groups excluding carboxylic acids is 1. The van der Waals surface area contributed by atoms with Crippen molar-refractivity contribution < 1.29 is 42.5 Å². The Hall–Kier alpha value is -9.97. The van der Waals surface area contributed by atoms with Crippen LogP contribution in [-0.2, 0) is 4.79 Å². The van der Waals surface area contributed by atoms with E-state index in [1.54, 1.807) is 44.0 Å². The number of halogens is 1. The smallest absolute Gasteiger partial charge is 0.314 e. The van der Waals surface area contributed by atoms with E-state index in [-0.39, 0.29) is 51.8 Å². The van der Waals surface area contributed by atoms with Crippen molar-refractivity contribution in [2.24, 2.45) is 35.1 Å². The number of nitrogens with zero attached hydrogens (tertiary/aromatic N) is 12. The van der Waals surface area contributed by atoms with Gasteiger partial charge in [-0.2, -0.15) is 21.0 Å². The van der Waals surface area contributed by atoms with Gasteiger partial charge in [0.05, 0.1) is 77.3 Å². The van der Waals surface area contributed by atoms with Gasteiger partial charge in [0.1, 0.15) is 69.2 Å². The van der Waals surface area contributed by atoms with E-state index in [0.29, 0.717) is 63.0 Å². The Bertz CT molecular complexity index is 4120. The Labute approximate surface area is 526 Å². The van der Waals surface area contributed by atoms with Gasteiger partial charge in [0.15, 0.2) is 33.0 Å². The number of pyridine rings is 4. The average Bonchev–Trinajstić information content (AvgIpc) is 1.63. The van der Waals surface area contributed by atoms with Crippen molar-refractivity contribution in [3.63, 3.8) is 0 Å². The van der Waals surface area contributed by atoms with Crippen LogP contribution in [0.3, 0.4) is 0 Å². The van der Waals surface area contributed by atoms with E-state index in [9.17, 15) is 30.1 Å². The number of furan rings is 4. The van der Waals surface area contributed by atoms with Crippen LogP contribution in [0.1, 0.15) is 135 Å². The molecule has 0 aromatic carbocycles. The van der Waals surface area contributed by atoms with E-state index < -0.39 is 28.0 Å². The molecule has 91 heavy (non-hydrogen) atoms. The van der Waals surface area contributed by atoms with Crippen LogP contribution in [0.4, 0.5) is 28.4 Å². The minimum absolute atomic E-state index is 0.0139. The van der Waals surface area contributed by atoms with Crippen LogP contribution in [0, 0.1) is 89.2 Å². The molecule has 0 saturated heterocycles. The number of anilines is 3. The van der Waals surface area contributed by atoms with Crippen molar-refractivity contribution in [3.05, 3.63) is 105 Å². The van der Waals surface area contributed by atoms with Crippen molar-refractivity contribution in [2.45, 2.75) is 153 Å². The first-order valence-electron chi connectivity index (χ1n) is 29.9. The number of aromatic nitrogens is 6. The lowest BCUT2D eigenvalue weighted by Gasteiger charge is -2.28. The molecule has 0 bridgehead atoms. The van der Waals surface area contributed by atoms with Crippen molar-refractivity contribution in [1.82, 2.24) is 29.5 Å². The van der Waals surface area contributed by atoms with Gasteiger partial charge < -0.3 is 60.3 Å². The molecule has 9 heterocycles. The number of nitriles is 4. The number of nitro groups is 2. The van der Waals surface area contributed by atoms with Gasteiger partial charge in [-0.15, -0.1) is 0 Å². The first-order valence-corrected chi connectivity index (χ1v) is 30.2. The molecule has 0 radical (unpaired) electrons. The average molecular weight is 1260 g/mol. The number of nitrogens with one attached hydrogen (secondary N) is 2. The summed E-state index contributed by atoms with van der Waals surface area (Å²) in [5.74, 6) is 0.697. The van der Waals surface area contributed by atoms with Gasteiger partial charge in [0.2, 0.25) is 5.91 Å². The summed E-state index contributed by atoms with van der Waals surface area (Å²) in [6.45, 7) is 3.05. The second-order valence-electron chi connectivity index (χ2n) is 22.7. The molecule has 0 spiro atoms. The van der Waals surface area contributed by atoms with Crippen LogP contribution < -0.4 is 27.8 Å². The number of amides is 1. The summed E-state index contributed by atoms with van der Waals surface area (Å²) in [6, 6.07) is 17.2. The largest absolute Gasteiger partial charge is 0.461 e. The number of hydrogen-bond acceptors (Lipinski definition) is 24. The molecule has 0 unspecified atom stereocenters. The molecule has 10 N–H and O–H groups in total. The number of fused-ring (bicyclic) bond motifs is 6. The van der Waals surface area contributed by atoms with Crippen molar-refractivity contribution >= 4 is 101 Å². The first kappa shape index (κ1) is 67.0. The highest BCUT2D eigenvalue weighted by Gasteiger charge is 2.30. The molecule has 4 aliphatic carbocycles. The molecule has 4 aliphatic rings. The van der Waals surface area contributed by atoms with Crippen LogP contribution in [0.5, 0.6) is 0 Å². The molecule has 29 heteroatoms. The number of nitrogens with two attached hydrogens (primary N) is 3. The fourth-order valence-electron chi connectivity index (χ4n) is 11.3. The number of primary amides is 1. The van der Waals surface area contributed by atoms with E-state index in [1.165, 1.54) is 25.6 Å². The van der Waals surface area contributed by atoms with Crippen molar-refractivity contribution in [1.29, 1.82) is 21.0 Å². The number of imidazole rings is 1. The van der Waals surface area contributed by atoms with Gasteiger partial charge in [0.25, 0.3) is 0 Å². The second kappa shape index (κ2) is 31.5. The van der Waals surface area contributed by atoms with E-state index in [2.05, 4.69) is 70.1 Å². The lowest BCUT2D eigenvalue weighted by atomic mass is 9.86. The van der Waals surface area contributed by atoms with Gasteiger partial charge in [-0.3, -0.25) is 35.0 Å². The fraction of sp³-hybridized carbons (Fsp3) is 0.452. The first-order chi connectivity index (χ1) is 43.8. The highest BCUT2D eigenvalue weighted by molar-refractivity contribution is 6.36.